The summed E-state index contributed by atoms with van der Waals surface area (Å²) in [4.78, 5) is 35.3. The zero-order valence-corrected chi connectivity index (χ0v) is 11.6. The number of hydrogen-bond donors (Lipinski definition) is 0. The van der Waals surface area contributed by atoms with Gasteiger partial charge >= 0.3 is 0 Å². The highest BCUT2D eigenvalue weighted by Crippen LogP contribution is 2.32. The van der Waals surface area contributed by atoms with Gasteiger partial charge in [-0.3, -0.25) is 14.5 Å². The Morgan fingerprint density at radius 1 is 1.30 bits per heavy atom. The van der Waals surface area contributed by atoms with Crippen molar-refractivity contribution < 1.29 is 19.5 Å². The summed E-state index contributed by atoms with van der Waals surface area (Å²) in [7, 11) is 0. The van der Waals surface area contributed by atoms with Crippen LogP contribution in [0.4, 0.5) is 4.79 Å². The van der Waals surface area contributed by atoms with Crippen molar-refractivity contribution in [3.63, 3.8) is 0 Å². The molecular weight excluding hydrogens is 278 g/mol. The van der Waals surface area contributed by atoms with Crippen molar-refractivity contribution in [3.05, 3.63) is 40.3 Å². The molecule has 1 fully saturated rings. The van der Waals surface area contributed by atoms with E-state index in [2.05, 4.69) is 0 Å². The molecule has 20 heavy (non-hydrogen) atoms. The molecule has 1 aromatic rings. The number of carboxylic acid groups (broad SMARTS) is 1. The van der Waals surface area contributed by atoms with E-state index in [1.54, 1.807) is 6.08 Å². The molecule has 0 atom stereocenters. The number of carboxylic acids is 1. The Labute approximate surface area is 120 Å². The molecule has 1 aromatic carbocycles. The second-order valence-electron chi connectivity index (χ2n) is 4.37. The van der Waals surface area contributed by atoms with Crippen molar-refractivity contribution in [1.82, 2.24) is 4.90 Å². The van der Waals surface area contributed by atoms with Gasteiger partial charge in [-0.25, -0.2) is 0 Å². The van der Waals surface area contributed by atoms with Gasteiger partial charge in [0.1, 0.15) is 0 Å². The monoisotopic (exact) mass is 290 g/mol. The van der Waals surface area contributed by atoms with Crippen molar-refractivity contribution in [3.8, 4) is 0 Å². The van der Waals surface area contributed by atoms with Crippen LogP contribution in [0.25, 0.3) is 6.08 Å². The number of hydrogen-bond acceptors (Lipinski definition) is 5. The highest BCUT2D eigenvalue weighted by atomic mass is 32.2. The minimum absolute atomic E-state index is 0.155. The first-order valence-electron chi connectivity index (χ1n) is 5.99. The average Bonchev–Trinajstić information content (AvgIpc) is 2.65. The normalized spacial score (nSPS) is 17.1. The molecule has 0 spiro atoms. The van der Waals surface area contributed by atoms with Crippen molar-refractivity contribution in [2.75, 3.05) is 6.54 Å². The fraction of sp³-hybridized carbons (Fsp3) is 0.214. The second-order valence-corrected chi connectivity index (χ2v) is 5.36. The molecule has 5 nitrogen and oxygen atoms in total. The number of nitrogens with zero attached hydrogens (tertiary/aromatic N) is 1. The van der Waals surface area contributed by atoms with E-state index in [1.807, 2.05) is 31.2 Å². The molecule has 1 heterocycles. The number of rotatable bonds is 4. The maximum absolute atomic E-state index is 12.0. The molecular formula is C14H12NO4S-. The van der Waals surface area contributed by atoms with Crippen LogP contribution in [0.5, 0.6) is 0 Å². The van der Waals surface area contributed by atoms with Crippen LogP contribution in [-0.4, -0.2) is 28.6 Å². The number of carbonyl (C=O) groups excluding carboxylic acids is 3. The number of aliphatic carboxylic acids is 1. The molecule has 1 aliphatic rings. The summed E-state index contributed by atoms with van der Waals surface area (Å²) < 4.78 is 0. The van der Waals surface area contributed by atoms with E-state index in [0.29, 0.717) is 4.91 Å². The SMILES string of the molecule is Cc1ccc(/C=C2\SC(=O)N(CCC(=O)[O-])C2=O)cc1. The Morgan fingerprint density at radius 2 is 1.95 bits per heavy atom. The van der Waals surface area contributed by atoms with Crippen LogP contribution in [-0.2, 0) is 9.59 Å². The molecule has 0 bridgehead atoms. The van der Waals surface area contributed by atoms with E-state index in [1.165, 1.54) is 0 Å². The Kier molecular flexibility index (Phi) is 4.24. The van der Waals surface area contributed by atoms with Crippen LogP contribution < -0.4 is 5.11 Å². The van der Waals surface area contributed by atoms with Gasteiger partial charge in [0.05, 0.1) is 4.91 Å². The van der Waals surface area contributed by atoms with Gasteiger partial charge in [0.2, 0.25) is 0 Å². The molecule has 0 saturated carbocycles. The van der Waals surface area contributed by atoms with Gasteiger partial charge in [-0.05, 0) is 30.3 Å². The van der Waals surface area contributed by atoms with E-state index < -0.39 is 17.1 Å². The third-order valence-corrected chi connectivity index (χ3v) is 3.70. The molecule has 2 amide bonds. The van der Waals surface area contributed by atoms with Crippen molar-refractivity contribution >= 4 is 35.0 Å². The molecule has 0 radical (unpaired) electrons. The summed E-state index contributed by atoms with van der Waals surface area (Å²) in [5, 5.41) is 9.94. The van der Waals surface area contributed by atoms with Crippen molar-refractivity contribution in [1.29, 1.82) is 0 Å². The van der Waals surface area contributed by atoms with Crippen molar-refractivity contribution in [2.24, 2.45) is 0 Å². The van der Waals surface area contributed by atoms with Gasteiger partial charge in [-0.2, -0.15) is 0 Å². The van der Waals surface area contributed by atoms with Gasteiger partial charge in [-0.1, -0.05) is 29.8 Å². The largest absolute Gasteiger partial charge is 0.550 e. The smallest absolute Gasteiger partial charge is 0.293 e. The van der Waals surface area contributed by atoms with Gasteiger partial charge in [-0.15, -0.1) is 0 Å². The molecule has 104 valence electrons. The predicted octanol–water partition coefficient (Wildman–Crippen LogP) is 1.17. The summed E-state index contributed by atoms with van der Waals surface area (Å²) in [6, 6.07) is 7.52. The summed E-state index contributed by atoms with van der Waals surface area (Å²) in [6.45, 7) is 1.80. The molecule has 0 unspecified atom stereocenters. The van der Waals surface area contributed by atoms with Gasteiger partial charge in [0.25, 0.3) is 11.1 Å². The lowest BCUT2D eigenvalue weighted by molar-refractivity contribution is -0.305. The number of carbonyl (C=O) groups is 3. The molecule has 0 aliphatic carbocycles. The minimum Gasteiger partial charge on any atom is -0.550 e. The third-order valence-electron chi connectivity index (χ3n) is 2.79. The number of amides is 2. The second kappa shape index (κ2) is 5.92. The van der Waals surface area contributed by atoms with Crippen LogP contribution in [0.1, 0.15) is 17.5 Å². The van der Waals surface area contributed by atoms with E-state index in [9.17, 15) is 19.5 Å². The van der Waals surface area contributed by atoms with E-state index in [4.69, 9.17) is 0 Å². The standard InChI is InChI=1S/C14H13NO4S/c1-9-2-4-10(5-3-9)8-11-13(18)15(14(19)20-11)7-6-12(16)17/h2-5,8H,6-7H2,1H3,(H,16,17)/p-1/b11-8-. The number of benzene rings is 1. The first-order chi connectivity index (χ1) is 9.47. The molecule has 2 rings (SSSR count). The molecule has 0 aromatic heterocycles. The van der Waals surface area contributed by atoms with E-state index >= 15 is 0 Å². The van der Waals surface area contributed by atoms with E-state index in [0.717, 1.165) is 27.8 Å². The van der Waals surface area contributed by atoms with Crippen LogP contribution in [0.15, 0.2) is 29.2 Å². The Morgan fingerprint density at radius 3 is 2.55 bits per heavy atom. The summed E-state index contributed by atoms with van der Waals surface area (Å²) in [5.74, 6) is -1.74. The highest BCUT2D eigenvalue weighted by molar-refractivity contribution is 8.18. The molecule has 1 saturated heterocycles. The average molecular weight is 290 g/mol. The minimum atomic E-state index is -1.29. The first-order valence-corrected chi connectivity index (χ1v) is 6.81. The summed E-state index contributed by atoms with van der Waals surface area (Å²) in [5.41, 5.74) is 1.92. The maximum atomic E-state index is 12.0. The van der Waals surface area contributed by atoms with Gasteiger partial charge < -0.3 is 9.90 Å². The highest BCUT2D eigenvalue weighted by Gasteiger charge is 2.34. The Hall–Kier alpha value is -2.08. The lowest BCUT2D eigenvalue weighted by atomic mass is 10.1. The lowest BCUT2D eigenvalue weighted by Crippen LogP contribution is -2.33. The Balaban J connectivity index is 2.14. The zero-order chi connectivity index (χ0) is 14.7. The number of thioether (sulfide) groups is 1. The fourth-order valence-corrected chi connectivity index (χ4v) is 2.57. The fourth-order valence-electron chi connectivity index (χ4n) is 1.71. The topological polar surface area (TPSA) is 77.5 Å². The van der Waals surface area contributed by atoms with Gasteiger partial charge in [0, 0.05) is 18.9 Å². The van der Waals surface area contributed by atoms with Crippen LogP contribution in [0, 0.1) is 6.92 Å². The molecule has 1 aliphatic heterocycles. The third kappa shape index (κ3) is 3.27. The lowest BCUT2D eigenvalue weighted by Gasteiger charge is -2.12. The number of imide groups is 1. The Bertz CT molecular complexity index is 592. The zero-order valence-electron chi connectivity index (χ0n) is 10.8. The van der Waals surface area contributed by atoms with Crippen molar-refractivity contribution in [2.45, 2.75) is 13.3 Å². The molecule has 6 heteroatoms. The summed E-state index contributed by atoms with van der Waals surface area (Å²) in [6.07, 6.45) is 1.28. The predicted molar refractivity (Wildman–Crippen MR) is 73.5 cm³/mol. The molecule has 0 N–H and O–H groups in total. The summed E-state index contributed by atoms with van der Waals surface area (Å²) >= 11 is 0.818. The van der Waals surface area contributed by atoms with Crippen LogP contribution in [0.2, 0.25) is 0 Å². The van der Waals surface area contributed by atoms with Crippen LogP contribution >= 0.6 is 11.8 Å². The van der Waals surface area contributed by atoms with Crippen LogP contribution in [0.3, 0.4) is 0 Å². The van der Waals surface area contributed by atoms with Gasteiger partial charge in [0.15, 0.2) is 0 Å². The maximum Gasteiger partial charge on any atom is 0.293 e. The quantitative estimate of drug-likeness (QED) is 0.778. The number of aryl methyl sites for hydroxylation is 1. The van der Waals surface area contributed by atoms with E-state index in [-0.39, 0.29) is 13.0 Å². The first kappa shape index (κ1) is 14.3.